The first-order valence-electron chi connectivity index (χ1n) is 12.0. The van der Waals surface area contributed by atoms with Crippen molar-refractivity contribution in [1.29, 1.82) is 0 Å². The van der Waals surface area contributed by atoms with Crippen LogP contribution < -0.4 is 4.90 Å². The van der Waals surface area contributed by atoms with Crippen molar-refractivity contribution in [3.05, 3.63) is 59.9 Å². The summed E-state index contributed by atoms with van der Waals surface area (Å²) in [4.78, 5) is 25.6. The van der Waals surface area contributed by atoms with Gasteiger partial charge in [0.2, 0.25) is 5.91 Å². The zero-order valence-electron chi connectivity index (χ0n) is 19.1. The Labute approximate surface area is 191 Å². The minimum atomic E-state index is -0.444. The predicted molar refractivity (Wildman–Crippen MR) is 126 cm³/mol. The van der Waals surface area contributed by atoms with Crippen molar-refractivity contribution >= 4 is 11.6 Å². The first-order valence-corrected chi connectivity index (χ1v) is 12.0. The van der Waals surface area contributed by atoms with E-state index in [-0.39, 0.29) is 5.91 Å². The number of pyridine rings is 1. The third kappa shape index (κ3) is 4.19. The highest BCUT2D eigenvalue weighted by atomic mass is 16.5. The molecule has 1 amide bonds. The number of carbonyl (C=O) groups excluding carboxylic acids is 1. The highest BCUT2D eigenvalue weighted by Gasteiger charge is 2.51. The number of likely N-dealkylation sites (tertiary alicyclic amines) is 1. The molecule has 0 bridgehead atoms. The summed E-state index contributed by atoms with van der Waals surface area (Å²) in [5.41, 5.74) is 2.73. The van der Waals surface area contributed by atoms with Crippen LogP contribution >= 0.6 is 0 Å². The van der Waals surface area contributed by atoms with Crippen molar-refractivity contribution in [2.45, 2.75) is 50.7 Å². The van der Waals surface area contributed by atoms with Crippen molar-refractivity contribution in [3.63, 3.8) is 0 Å². The fourth-order valence-electron chi connectivity index (χ4n) is 5.66. The zero-order valence-corrected chi connectivity index (χ0v) is 19.1. The Morgan fingerprint density at radius 3 is 2.44 bits per heavy atom. The molecule has 0 aliphatic carbocycles. The number of rotatable bonds is 4. The lowest BCUT2D eigenvalue weighted by Crippen LogP contribution is -2.69. The molecule has 1 aromatic carbocycles. The molecule has 3 fully saturated rings. The van der Waals surface area contributed by atoms with E-state index < -0.39 is 5.54 Å². The molecule has 170 valence electrons. The largest absolute Gasteiger partial charge is 0.381 e. The van der Waals surface area contributed by atoms with E-state index >= 15 is 0 Å². The Balaban J connectivity index is 1.39. The summed E-state index contributed by atoms with van der Waals surface area (Å²) in [5.74, 6) is 0.247. The molecule has 0 N–H and O–H groups in total. The summed E-state index contributed by atoms with van der Waals surface area (Å²) in [6, 6.07) is 15.2. The van der Waals surface area contributed by atoms with Crippen molar-refractivity contribution in [1.82, 2.24) is 14.8 Å². The quantitative estimate of drug-likeness (QED) is 0.739. The number of hydrogen-bond acceptors (Lipinski definition) is 5. The molecule has 4 heterocycles. The van der Waals surface area contributed by atoms with Crippen LogP contribution in [0.5, 0.6) is 0 Å². The summed E-state index contributed by atoms with van der Waals surface area (Å²) in [7, 11) is 0. The highest BCUT2D eigenvalue weighted by molar-refractivity contribution is 6.01. The topological polar surface area (TPSA) is 48.9 Å². The summed E-state index contributed by atoms with van der Waals surface area (Å²) in [6.07, 6.45) is 5.83. The summed E-state index contributed by atoms with van der Waals surface area (Å²) >= 11 is 0. The standard InChI is InChI=1S/C26H34N4O2/c1-21-7-8-24(19-27-21)30-16-15-29(20-22-5-3-2-4-6-22)26(25(30)31)11-13-28(14-12-26)23-9-17-32-18-10-23/h2-8,19,23H,9-18,20H2,1H3. The zero-order chi connectivity index (χ0) is 22.0. The van der Waals surface area contributed by atoms with E-state index in [1.54, 1.807) is 0 Å². The van der Waals surface area contributed by atoms with Crippen LogP contribution in [0.15, 0.2) is 48.7 Å². The minimum Gasteiger partial charge on any atom is -0.381 e. The third-order valence-corrected chi connectivity index (χ3v) is 7.60. The van der Waals surface area contributed by atoms with Gasteiger partial charge in [-0.25, -0.2) is 0 Å². The van der Waals surface area contributed by atoms with Crippen LogP contribution in [0.1, 0.15) is 36.9 Å². The van der Waals surface area contributed by atoms with Gasteiger partial charge in [0.05, 0.1) is 11.9 Å². The minimum absolute atomic E-state index is 0.247. The van der Waals surface area contributed by atoms with E-state index in [4.69, 9.17) is 4.74 Å². The van der Waals surface area contributed by atoms with Gasteiger partial charge in [0, 0.05) is 57.7 Å². The van der Waals surface area contributed by atoms with Gasteiger partial charge in [0.25, 0.3) is 0 Å². The van der Waals surface area contributed by atoms with Crippen LogP contribution in [0.4, 0.5) is 5.69 Å². The van der Waals surface area contributed by atoms with E-state index in [1.165, 1.54) is 5.56 Å². The number of piperidine rings is 1. The van der Waals surface area contributed by atoms with Gasteiger partial charge in [-0.1, -0.05) is 30.3 Å². The van der Waals surface area contributed by atoms with Gasteiger partial charge in [0.15, 0.2) is 0 Å². The van der Waals surface area contributed by atoms with Crippen LogP contribution in [0.3, 0.4) is 0 Å². The number of benzene rings is 1. The molecule has 3 saturated heterocycles. The molecule has 6 nitrogen and oxygen atoms in total. The molecule has 32 heavy (non-hydrogen) atoms. The monoisotopic (exact) mass is 434 g/mol. The lowest BCUT2D eigenvalue weighted by atomic mass is 9.81. The summed E-state index contributed by atoms with van der Waals surface area (Å²) < 4.78 is 5.57. The van der Waals surface area contributed by atoms with Crippen LogP contribution in [0.25, 0.3) is 0 Å². The molecule has 3 aliphatic rings. The molecular formula is C26H34N4O2. The van der Waals surface area contributed by atoms with E-state index in [2.05, 4.69) is 45.1 Å². The number of amides is 1. The number of anilines is 1. The Bertz CT molecular complexity index is 903. The van der Waals surface area contributed by atoms with Gasteiger partial charge in [-0.3, -0.25) is 14.7 Å². The van der Waals surface area contributed by atoms with Gasteiger partial charge in [-0.2, -0.15) is 0 Å². The first kappa shape index (κ1) is 21.6. The van der Waals surface area contributed by atoms with Gasteiger partial charge < -0.3 is 14.5 Å². The molecule has 1 spiro atoms. The lowest BCUT2D eigenvalue weighted by Gasteiger charge is -2.54. The maximum atomic E-state index is 14.1. The molecule has 0 saturated carbocycles. The number of piperazine rings is 1. The second kappa shape index (κ2) is 9.30. The predicted octanol–water partition coefficient (Wildman–Crippen LogP) is 3.25. The van der Waals surface area contributed by atoms with Crippen LogP contribution in [0, 0.1) is 6.92 Å². The normalized spacial score (nSPS) is 23.0. The highest BCUT2D eigenvalue weighted by Crippen LogP contribution is 2.37. The molecule has 2 aromatic rings. The van der Waals surface area contributed by atoms with Crippen molar-refractivity contribution in [2.75, 3.05) is 44.3 Å². The molecule has 0 unspecified atom stereocenters. The first-order chi connectivity index (χ1) is 15.7. The molecule has 0 atom stereocenters. The maximum Gasteiger partial charge on any atom is 0.247 e. The second-order valence-corrected chi connectivity index (χ2v) is 9.43. The van der Waals surface area contributed by atoms with Crippen LogP contribution in [0.2, 0.25) is 0 Å². The van der Waals surface area contributed by atoms with Crippen molar-refractivity contribution < 1.29 is 9.53 Å². The average molecular weight is 435 g/mol. The number of aromatic nitrogens is 1. The third-order valence-electron chi connectivity index (χ3n) is 7.60. The fourth-order valence-corrected chi connectivity index (χ4v) is 5.66. The molecule has 5 rings (SSSR count). The van der Waals surface area contributed by atoms with Crippen molar-refractivity contribution in [2.24, 2.45) is 0 Å². The van der Waals surface area contributed by atoms with E-state index in [9.17, 15) is 4.79 Å². The van der Waals surface area contributed by atoms with Crippen LogP contribution in [-0.4, -0.2) is 71.7 Å². The Morgan fingerprint density at radius 2 is 1.75 bits per heavy atom. The van der Waals surface area contributed by atoms with Gasteiger partial charge in [-0.15, -0.1) is 0 Å². The Kier molecular flexibility index (Phi) is 6.26. The number of aryl methyl sites for hydroxylation is 1. The van der Waals surface area contributed by atoms with Gasteiger partial charge in [0.1, 0.15) is 5.54 Å². The molecule has 6 heteroatoms. The Morgan fingerprint density at radius 1 is 1.00 bits per heavy atom. The van der Waals surface area contributed by atoms with E-state index in [1.807, 2.05) is 30.2 Å². The lowest BCUT2D eigenvalue weighted by molar-refractivity contribution is -0.139. The summed E-state index contributed by atoms with van der Waals surface area (Å²) in [5, 5.41) is 0. The average Bonchev–Trinajstić information content (AvgIpc) is 2.85. The van der Waals surface area contributed by atoms with E-state index in [0.717, 1.165) is 76.5 Å². The number of ether oxygens (including phenoxy) is 1. The van der Waals surface area contributed by atoms with Crippen molar-refractivity contribution in [3.8, 4) is 0 Å². The van der Waals surface area contributed by atoms with Crippen LogP contribution in [-0.2, 0) is 16.1 Å². The SMILES string of the molecule is Cc1ccc(N2CCN(Cc3ccccc3)C3(CCN(C4CCOCC4)CC3)C2=O)cn1. The molecule has 1 aromatic heterocycles. The van der Waals surface area contributed by atoms with E-state index in [0.29, 0.717) is 12.6 Å². The van der Waals surface area contributed by atoms with Gasteiger partial charge in [-0.05, 0) is 50.3 Å². The summed E-state index contributed by atoms with van der Waals surface area (Å²) in [6.45, 7) is 8.07. The molecule has 0 radical (unpaired) electrons. The Hall–Kier alpha value is -2.28. The smallest absolute Gasteiger partial charge is 0.247 e. The number of hydrogen-bond donors (Lipinski definition) is 0. The fraction of sp³-hybridized carbons (Fsp3) is 0.538. The molecular weight excluding hydrogens is 400 g/mol. The molecule has 3 aliphatic heterocycles. The van der Waals surface area contributed by atoms with Gasteiger partial charge >= 0.3 is 0 Å². The number of nitrogens with zero attached hydrogens (tertiary/aromatic N) is 4. The number of carbonyl (C=O) groups is 1. The second-order valence-electron chi connectivity index (χ2n) is 9.43. The maximum absolute atomic E-state index is 14.1.